The third kappa shape index (κ3) is 3.38. The highest BCUT2D eigenvalue weighted by Crippen LogP contribution is 2.20. The van der Waals surface area contributed by atoms with Crippen molar-refractivity contribution < 1.29 is 4.39 Å². The van der Waals surface area contributed by atoms with Gasteiger partial charge in [0.15, 0.2) is 0 Å². The molecule has 2 nitrogen and oxygen atoms in total. The highest BCUT2D eigenvalue weighted by molar-refractivity contribution is 5.23. The number of pyridine rings is 1. The molecule has 0 fully saturated rings. The van der Waals surface area contributed by atoms with Gasteiger partial charge in [-0.2, -0.15) is 0 Å². The van der Waals surface area contributed by atoms with Crippen molar-refractivity contribution in [3.05, 3.63) is 65.2 Å². The predicted octanol–water partition coefficient (Wildman–Crippen LogP) is 3.77. The molecule has 3 heteroatoms. The lowest BCUT2D eigenvalue weighted by atomic mass is 10.0. The number of aromatic nitrogens is 1. The van der Waals surface area contributed by atoms with E-state index in [0.29, 0.717) is 6.54 Å². The molecule has 1 N–H and O–H groups in total. The van der Waals surface area contributed by atoms with Crippen molar-refractivity contribution in [1.82, 2.24) is 10.3 Å². The highest BCUT2D eigenvalue weighted by atomic mass is 19.1. The van der Waals surface area contributed by atoms with Gasteiger partial charge >= 0.3 is 0 Å². The molecular formula is C16H19FN2. The first-order valence-electron chi connectivity index (χ1n) is 6.59. The van der Waals surface area contributed by atoms with E-state index in [-0.39, 0.29) is 11.9 Å². The van der Waals surface area contributed by atoms with E-state index in [1.165, 1.54) is 11.6 Å². The number of aryl methyl sites for hydroxylation is 1. The maximum Gasteiger partial charge on any atom is 0.127 e. The first kappa shape index (κ1) is 13.7. The van der Waals surface area contributed by atoms with E-state index in [2.05, 4.69) is 24.1 Å². The van der Waals surface area contributed by atoms with E-state index in [9.17, 15) is 4.39 Å². The normalized spacial score (nSPS) is 12.4. The summed E-state index contributed by atoms with van der Waals surface area (Å²) in [5.41, 5.74) is 3.08. The summed E-state index contributed by atoms with van der Waals surface area (Å²) in [6.45, 7) is 4.81. The lowest BCUT2D eigenvalue weighted by Crippen LogP contribution is -2.21. The molecule has 1 heterocycles. The van der Waals surface area contributed by atoms with Gasteiger partial charge in [0.1, 0.15) is 5.82 Å². The van der Waals surface area contributed by atoms with Gasteiger partial charge in [-0.3, -0.25) is 4.98 Å². The Morgan fingerprint density at radius 1 is 1.26 bits per heavy atom. The Labute approximate surface area is 113 Å². The molecule has 1 atom stereocenters. The fraction of sp³-hybridized carbons (Fsp3) is 0.312. The minimum atomic E-state index is -0.148. The number of benzene rings is 1. The van der Waals surface area contributed by atoms with E-state index in [1.807, 2.05) is 24.4 Å². The van der Waals surface area contributed by atoms with E-state index < -0.39 is 0 Å². The zero-order valence-corrected chi connectivity index (χ0v) is 11.4. The maximum atomic E-state index is 13.8. The molecule has 0 saturated carbocycles. The van der Waals surface area contributed by atoms with Gasteiger partial charge in [0.05, 0.1) is 0 Å². The molecule has 0 aliphatic heterocycles. The zero-order chi connectivity index (χ0) is 13.7. The molecule has 0 aliphatic carbocycles. The molecule has 0 radical (unpaired) electrons. The maximum absolute atomic E-state index is 13.8. The van der Waals surface area contributed by atoms with Crippen molar-refractivity contribution in [3.63, 3.8) is 0 Å². The summed E-state index contributed by atoms with van der Waals surface area (Å²) >= 11 is 0. The number of hydrogen-bond donors (Lipinski definition) is 1. The SMILES string of the molecule is CCC(NCc1cnccc1C)c1ccccc1F. The monoisotopic (exact) mass is 258 g/mol. The Morgan fingerprint density at radius 2 is 2.05 bits per heavy atom. The van der Waals surface area contributed by atoms with Crippen LogP contribution in [-0.4, -0.2) is 4.98 Å². The van der Waals surface area contributed by atoms with Crippen molar-refractivity contribution in [2.24, 2.45) is 0 Å². The molecule has 0 amide bonds. The Hall–Kier alpha value is -1.74. The first-order chi connectivity index (χ1) is 9.22. The predicted molar refractivity (Wildman–Crippen MR) is 75.2 cm³/mol. The third-order valence-electron chi connectivity index (χ3n) is 3.38. The van der Waals surface area contributed by atoms with Gasteiger partial charge in [0.25, 0.3) is 0 Å². The van der Waals surface area contributed by atoms with Crippen LogP contribution in [0, 0.1) is 12.7 Å². The summed E-state index contributed by atoms with van der Waals surface area (Å²) < 4.78 is 13.8. The van der Waals surface area contributed by atoms with E-state index in [4.69, 9.17) is 0 Å². The summed E-state index contributed by atoms with van der Waals surface area (Å²) in [6.07, 6.45) is 4.49. The van der Waals surface area contributed by atoms with Gasteiger partial charge in [-0.15, -0.1) is 0 Å². The van der Waals surface area contributed by atoms with Crippen molar-refractivity contribution in [1.29, 1.82) is 0 Å². The highest BCUT2D eigenvalue weighted by Gasteiger charge is 2.13. The molecule has 19 heavy (non-hydrogen) atoms. The van der Waals surface area contributed by atoms with Gasteiger partial charge in [0, 0.05) is 30.5 Å². The third-order valence-corrected chi connectivity index (χ3v) is 3.38. The molecule has 1 aromatic carbocycles. The molecule has 2 aromatic rings. The van der Waals surface area contributed by atoms with Crippen LogP contribution in [0.2, 0.25) is 0 Å². The van der Waals surface area contributed by atoms with Crippen LogP contribution in [0.25, 0.3) is 0 Å². The fourth-order valence-electron chi connectivity index (χ4n) is 2.15. The minimum Gasteiger partial charge on any atom is -0.306 e. The topological polar surface area (TPSA) is 24.9 Å². The second-order valence-electron chi connectivity index (χ2n) is 4.67. The van der Waals surface area contributed by atoms with Crippen LogP contribution in [0.15, 0.2) is 42.7 Å². The van der Waals surface area contributed by atoms with Crippen molar-refractivity contribution in [3.8, 4) is 0 Å². The number of rotatable bonds is 5. The van der Waals surface area contributed by atoms with Gasteiger partial charge in [0.2, 0.25) is 0 Å². The Balaban J connectivity index is 2.09. The van der Waals surface area contributed by atoms with Gasteiger partial charge in [-0.05, 0) is 36.6 Å². The fourth-order valence-corrected chi connectivity index (χ4v) is 2.15. The second-order valence-corrected chi connectivity index (χ2v) is 4.67. The van der Waals surface area contributed by atoms with Crippen molar-refractivity contribution >= 4 is 0 Å². The van der Waals surface area contributed by atoms with Crippen LogP contribution in [-0.2, 0) is 6.54 Å². The summed E-state index contributed by atoms with van der Waals surface area (Å²) in [4.78, 5) is 4.13. The molecular weight excluding hydrogens is 239 g/mol. The Kier molecular flexibility index (Phi) is 4.63. The van der Waals surface area contributed by atoms with E-state index >= 15 is 0 Å². The number of nitrogens with one attached hydrogen (secondary N) is 1. The summed E-state index contributed by atoms with van der Waals surface area (Å²) in [5.74, 6) is -0.148. The Bertz CT molecular complexity index is 540. The van der Waals surface area contributed by atoms with Crippen LogP contribution >= 0.6 is 0 Å². The lowest BCUT2D eigenvalue weighted by molar-refractivity contribution is 0.487. The van der Waals surface area contributed by atoms with Crippen LogP contribution in [0.1, 0.15) is 36.1 Å². The average Bonchev–Trinajstić information content (AvgIpc) is 2.43. The summed E-state index contributed by atoms with van der Waals surface area (Å²) in [5, 5.41) is 3.40. The quantitative estimate of drug-likeness (QED) is 0.883. The van der Waals surface area contributed by atoms with Crippen molar-refractivity contribution in [2.75, 3.05) is 0 Å². The smallest absolute Gasteiger partial charge is 0.127 e. The van der Waals surface area contributed by atoms with Crippen LogP contribution < -0.4 is 5.32 Å². The molecule has 1 unspecified atom stereocenters. The van der Waals surface area contributed by atoms with Crippen LogP contribution in [0.5, 0.6) is 0 Å². The van der Waals surface area contributed by atoms with Gasteiger partial charge in [-0.1, -0.05) is 25.1 Å². The number of nitrogens with zero attached hydrogens (tertiary/aromatic N) is 1. The zero-order valence-electron chi connectivity index (χ0n) is 11.4. The molecule has 2 rings (SSSR count). The van der Waals surface area contributed by atoms with E-state index in [0.717, 1.165) is 17.5 Å². The first-order valence-corrected chi connectivity index (χ1v) is 6.59. The molecule has 0 aliphatic rings. The van der Waals surface area contributed by atoms with Gasteiger partial charge < -0.3 is 5.32 Å². The van der Waals surface area contributed by atoms with Crippen molar-refractivity contribution in [2.45, 2.75) is 32.9 Å². The molecule has 1 aromatic heterocycles. The summed E-state index contributed by atoms with van der Waals surface area (Å²) in [7, 11) is 0. The number of hydrogen-bond acceptors (Lipinski definition) is 2. The largest absolute Gasteiger partial charge is 0.306 e. The minimum absolute atomic E-state index is 0.0285. The summed E-state index contributed by atoms with van der Waals surface area (Å²) in [6, 6.07) is 8.96. The van der Waals surface area contributed by atoms with Crippen LogP contribution in [0.3, 0.4) is 0 Å². The standard InChI is InChI=1S/C16H19FN2/c1-3-16(14-6-4-5-7-15(14)17)19-11-13-10-18-9-8-12(13)2/h4-10,16,19H,3,11H2,1-2H3. The molecule has 0 saturated heterocycles. The average molecular weight is 258 g/mol. The second kappa shape index (κ2) is 6.43. The molecule has 0 bridgehead atoms. The number of halogens is 1. The van der Waals surface area contributed by atoms with E-state index in [1.54, 1.807) is 12.3 Å². The van der Waals surface area contributed by atoms with Gasteiger partial charge in [-0.25, -0.2) is 4.39 Å². The molecule has 100 valence electrons. The molecule has 0 spiro atoms. The Morgan fingerprint density at radius 3 is 2.74 bits per heavy atom. The lowest BCUT2D eigenvalue weighted by Gasteiger charge is -2.18. The van der Waals surface area contributed by atoms with Crippen LogP contribution in [0.4, 0.5) is 4.39 Å².